The van der Waals surface area contributed by atoms with Gasteiger partial charge < -0.3 is 12.4 Å². The van der Waals surface area contributed by atoms with Crippen molar-refractivity contribution in [1.82, 2.24) is 5.32 Å². The molecule has 3 N–H and O–H groups in total. The van der Waals surface area contributed by atoms with Crippen LogP contribution in [0.1, 0.15) is 0 Å². The summed E-state index contributed by atoms with van der Waals surface area (Å²) in [6.07, 6.45) is 3.69. The number of rotatable bonds is 2. The molecule has 0 spiro atoms. The zero-order chi connectivity index (χ0) is 6.41. The molecule has 9 heavy (non-hydrogen) atoms. The van der Waals surface area contributed by atoms with Crippen molar-refractivity contribution >= 4 is 16.5 Å². The predicted octanol–water partition coefficient (Wildman–Crippen LogP) is -3.48. The zero-order valence-corrected chi connectivity index (χ0v) is 6.93. The van der Waals surface area contributed by atoms with Gasteiger partial charge in [0.25, 0.3) is 0 Å². The van der Waals surface area contributed by atoms with Crippen LogP contribution in [0.2, 0.25) is 0 Å². The van der Waals surface area contributed by atoms with Gasteiger partial charge in [0, 0.05) is 6.54 Å². The molecule has 0 aliphatic rings. The lowest BCUT2D eigenvalue weighted by Crippen LogP contribution is -3.00. The Labute approximate surface area is 65.9 Å². The minimum absolute atomic E-state index is 0. The van der Waals surface area contributed by atoms with Gasteiger partial charge in [-0.3, -0.25) is 0 Å². The van der Waals surface area contributed by atoms with E-state index in [4.69, 9.17) is 5.73 Å². The summed E-state index contributed by atoms with van der Waals surface area (Å²) in [5.41, 5.74) is 5.38. The van der Waals surface area contributed by atoms with Crippen molar-refractivity contribution < 1.29 is 12.4 Å². The summed E-state index contributed by atoms with van der Waals surface area (Å²) >= 11 is 1.50. The maximum absolute atomic E-state index is 5.38. The van der Waals surface area contributed by atoms with E-state index in [1.165, 1.54) is 11.4 Å². The van der Waals surface area contributed by atoms with Crippen molar-refractivity contribution in [3.05, 3.63) is 12.7 Å². The van der Waals surface area contributed by atoms with Crippen LogP contribution in [0.3, 0.4) is 0 Å². The summed E-state index contributed by atoms with van der Waals surface area (Å²) in [5.74, 6) is 0. The van der Waals surface area contributed by atoms with Crippen LogP contribution in [-0.2, 0) is 11.4 Å². The molecule has 0 aromatic heterocycles. The van der Waals surface area contributed by atoms with E-state index in [1.54, 1.807) is 6.08 Å². The Hall–Kier alpha value is 0.0400. The smallest absolute Gasteiger partial charge is 0.317 e. The van der Waals surface area contributed by atoms with Gasteiger partial charge in [-0.25, -0.2) is 11.1 Å². The average molecular weight is 167 g/mol. The lowest BCUT2D eigenvalue weighted by molar-refractivity contribution is -0.00000184. The molecule has 0 aromatic carbocycles. The molecule has 0 saturated heterocycles. The van der Waals surface area contributed by atoms with Crippen LogP contribution in [0, 0.1) is 0 Å². The number of hydrogen-bond donors (Lipinski definition) is 2. The molecule has 0 bridgehead atoms. The van der Waals surface area contributed by atoms with Crippen molar-refractivity contribution in [2.24, 2.45) is 5.73 Å². The lowest BCUT2D eigenvalue weighted by Gasteiger charge is -1.86. The highest BCUT2D eigenvalue weighted by molar-refractivity contribution is 7.77. The Morgan fingerprint density at radius 2 is 2.44 bits per heavy atom. The van der Waals surface area contributed by atoms with Crippen molar-refractivity contribution in [1.29, 1.82) is 0 Å². The predicted molar refractivity (Wildman–Crippen MR) is 40.7 cm³/mol. The van der Waals surface area contributed by atoms with E-state index < -0.39 is 0 Å². The van der Waals surface area contributed by atoms with E-state index in [9.17, 15) is 0 Å². The molecule has 0 fully saturated rings. The Kier molecular flexibility index (Phi) is 10.5. The van der Waals surface area contributed by atoms with Gasteiger partial charge in [-0.15, -0.1) is 6.58 Å². The highest BCUT2D eigenvalue weighted by Gasteiger charge is 1.93. The zero-order valence-electron chi connectivity index (χ0n) is 5.36. The molecular weight excluding hydrogens is 156 g/mol. The molecule has 54 valence electrons. The Balaban J connectivity index is 0. The van der Waals surface area contributed by atoms with Crippen LogP contribution in [0.25, 0.3) is 0 Å². The molecule has 0 amide bonds. The van der Waals surface area contributed by atoms with E-state index in [0.717, 1.165) is 11.7 Å². The highest BCUT2D eigenvalue weighted by atomic mass is 35.5. The number of nitrogens with two attached hydrogens (primary N) is 1. The molecule has 0 radical (unpaired) electrons. The Morgan fingerprint density at radius 1 is 1.89 bits per heavy atom. The van der Waals surface area contributed by atoms with Crippen LogP contribution < -0.4 is 23.5 Å². The molecule has 2 nitrogen and oxygen atoms in total. The fourth-order valence-corrected chi connectivity index (χ4v) is 0.473. The Morgan fingerprint density at radius 3 is 2.78 bits per heavy atom. The molecule has 0 heterocycles. The standard InChI is InChI=1S/C5H11N2S.ClH/c1-3-4-7-5(6)8-2;/h3,7H,1,4,6H2,2H3;1H/q+1;/p-1. The van der Waals surface area contributed by atoms with Crippen LogP contribution >= 0.6 is 0 Å². The topological polar surface area (TPSA) is 38.0 Å². The van der Waals surface area contributed by atoms with Gasteiger partial charge >= 0.3 is 5.11 Å². The summed E-state index contributed by atoms with van der Waals surface area (Å²) in [7, 11) is 0. The van der Waals surface area contributed by atoms with Gasteiger partial charge in [0.2, 0.25) is 11.4 Å². The van der Waals surface area contributed by atoms with E-state index in [1.807, 2.05) is 6.26 Å². The fourth-order valence-electron chi connectivity index (χ4n) is 0.245. The highest BCUT2D eigenvalue weighted by Crippen LogP contribution is 1.57. The third-order valence-electron chi connectivity index (χ3n) is 0.641. The van der Waals surface area contributed by atoms with Gasteiger partial charge in [-0.2, -0.15) is 0 Å². The third kappa shape index (κ3) is 8.04. The summed E-state index contributed by atoms with van der Waals surface area (Å²) in [6.45, 7) is 4.27. The lowest BCUT2D eigenvalue weighted by atomic mass is 10.6. The molecular formula is C5H11ClN2S. The Bertz CT molecular complexity index is 103. The molecule has 0 atom stereocenters. The quantitative estimate of drug-likeness (QED) is 0.254. The summed E-state index contributed by atoms with van der Waals surface area (Å²) in [6, 6.07) is 0. The molecule has 0 aliphatic heterocycles. The molecule has 0 unspecified atom stereocenters. The second kappa shape index (κ2) is 8.04. The van der Waals surface area contributed by atoms with E-state index in [-0.39, 0.29) is 12.4 Å². The molecule has 0 rings (SSSR count). The fraction of sp³-hybridized carbons (Fsp3) is 0.400. The molecule has 0 saturated carbocycles. The summed E-state index contributed by atoms with van der Waals surface area (Å²) in [5, 5.41) is 3.66. The second-order valence-corrected chi connectivity index (χ2v) is 2.09. The number of nitrogens with one attached hydrogen (secondary N) is 1. The first-order chi connectivity index (χ1) is 3.81. The van der Waals surface area contributed by atoms with Crippen LogP contribution in [0.15, 0.2) is 12.7 Å². The SMILES string of the molecule is C=CCN/C(N)=[S+]\C.[Cl-]. The van der Waals surface area contributed by atoms with Gasteiger partial charge in [0.15, 0.2) is 6.26 Å². The molecule has 0 aliphatic carbocycles. The van der Waals surface area contributed by atoms with Crippen molar-refractivity contribution in [3.63, 3.8) is 0 Å². The van der Waals surface area contributed by atoms with Gasteiger partial charge in [0.1, 0.15) is 0 Å². The van der Waals surface area contributed by atoms with Crippen LogP contribution in [0.5, 0.6) is 0 Å². The van der Waals surface area contributed by atoms with Gasteiger partial charge in [0.05, 0.1) is 0 Å². The first kappa shape index (κ1) is 11.8. The van der Waals surface area contributed by atoms with E-state index in [2.05, 4.69) is 11.9 Å². The van der Waals surface area contributed by atoms with E-state index >= 15 is 0 Å². The van der Waals surface area contributed by atoms with Crippen LogP contribution in [0.4, 0.5) is 0 Å². The molecule has 4 heteroatoms. The maximum atomic E-state index is 5.38. The summed E-state index contributed by atoms with van der Waals surface area (Å²) < 4.78 is 0. The number of hydrogen-bond acceptors (Lipinski definition) is 0. The van der Waals surface area contributed by atoms with Crippen LogP contribution in [-0.4, -0.2) is 17.9 Å². The minimum atomic E-state index is 0. The number of halogens is 1. The summed E-state index contributed by atoms with van der Waals surface area (Å²) in [4.78, 5) is 0. The van der Waals surface area contributed by atoms with Crippen molar-refractivity contribution in [2.45, 2.75) is 0 Å². The molecule has 0 aromatic rings. The third-order valence-corrected chi connectivity index (χ3v) is 1.22. The van der Waals surface area contributed by atoms with Crippen molar-refractivity contribution in [2.75, 3.05) is 12.8 Å². The van der Waals surface area contributed by atoms with Crippen molar-refractivity contribution in [3.8, 4) is 0 Å². The van der Waals surface area contributed by atoms with Gasteiger partial charge in [-0.05, 0) is 0 Å². The van der Waals surface area contributed by atoms with Gasteiger partial charge in [-0.1, -0.05) is 6.08 Å². The monoisotopic (exact) mass is 166 g/mol. The van der Waals surface area contributed by atoms with E-state index in [0.29, 0.717) is 0 Å². The first-order valence-electron chi connectivity index (χ1n) is 2.32. The largest absolute Gasteiger partial charge is 1.00 e. The maximum Gasteiger partial charge on any atom is 0.317 e. The first-order valence-corrected chi connectivity index (χ1v) is 3.55. The normalized spacial score (nSPS) is 10.2. The second-order valence-electron chi connectivity index (χ2n) is 1.24. The average Bonchev–Trinajstić information content (AvgIpc) is 1.83. The minimum Gasteiger partial charge on any atom is -1.00 e.